The fourth-order valence-corrected chi connectivity index (χ4v) is 3.71. The third-order valence-corrected chi connectivity index (χ3v) is 5.09. The summed E-state index contributed by atoms with van der Waals surface area (Å²) in [6, 6.07) is 0.236. The molecule has 0 unspecified atom stereocenters. The van der Waals surface area contributed by atoms with Crippen LogP contribution in [0, 0.1) is 0 Å². The SMILES string of the molecule is CNC1(CC(=O)N2CCC(NC(C)=O)CC2)CCCCC1. The van der Waals surface area contributed by atoms with Gasteiger partial charge in [-0.05, 0) is 32.7 Å². The van der Waals surface area contributed by atoms with Crippen LogP contribution in [-0.2, 0) is 9.59 Å². The molecule has 2 fully saturated rings. The van der Waals surface area contributed by atoms with Gasteiger partial charge in [-0.3, -0.25) is 9.59 Å². The molecule has 2 rings (SSSR count). The molecule has 0 atom stereocenters. The number of rotatable bonds is 4. The highest BCUT2D eigenvalue weighted by Crippen LogP contribution is 2.31. The molecule has 1 heterocycles. The number of amides is 2. The summed E-state index contributed by atoms with van der Waals surface area (Å²) in [4.78, 5) is 25.6. The molecule has 1 saturated carbocycles. The molecule has 5 heteroatoms. The van der Waals surface area contributed by atoms with Crippen LogP contribution in [0.1, 0.15) is 58.3 Å². The van der Waals surface area contributed by atoms with E-state index in [9.17, 15) is 9.59 Å². The maximum Gasteiger partial charge on any atom is 0.224 e. The van der Waals surface area contributed by atoms with Crippen molar-refractivity contribution in [2.45, 2.75) is 69.9 Å². The van der Waals surface area contributed by atoms with Crippen LogP contribution >= 0.6 is 0 Å². The molecule has 2 N–H and O–H groups in total. The van der Waals surface area contributed by atoms with E-state index in [0.29, 0.717) is 6.42 Å². The summed E-state index contributed by atoms with van der Waals surface area (Å²) < 4.78 is 0. The molecular formula is C16H29N3O2. The van der Waals surface area contributed by atoms with Crippen molar-refractivity contribution in [1.29, 1.82) is 0 Å². The number of piperidine rings is 1. The molecule has 2 amide bonds. The molecule has 0 aromatic heterocycles. The lowest BCUT2D eigenvalue weighted by Gasteiger charge is -2.39. The topological polar surface area (TPSA) is 61.4 Å². The summed E-state index contributed by atoms with van der Waals surface area (Å²) in [6.07, 6.45) is 8.32. The van der Waals surface area contributed by atoms with Crippen LogP contribution in [0.5, 0.6) is 0 Å². The van der Waals surface area contributed by atoms with E-state index < -0.39 is 0 Å². The third kappa shape index (κ3) is 4.43. The Labute approximate surface area is 127 Å². The molecule has 0 radical (unpaired) electrons. The zero-order valence-corrected chi connectivity index (χ0v) is 13.4. The minimum absolute atomic E-state index is 0.0177. The quantitative estimate of drug-likeness (QED) is 0.825. The molecule has 2 aliphatic rings. The monoisotopic (exact) mass is 295 g/mol. The number of carbonyl (C=O) groups excluding carboxylic acids is 2. The molecule has 0 aromatic rings. The Bertz CT molecular complexity index is 370. The van der Waals surface area contributed by atoms with Crippen LogP contribution in [0.25, 0.3) is 0 Å². The van der Waals surface area contributed by atoms with Crippen molar-refractivity contribution in [1.82, 2.24) is 15.5 Å². The first-order valence-electron chi connectivity index (χ1n) is 8.28. The normalized spacial score (nSPS) is 22.9. The van der Waals surface area contributed by atoms with Gasteiger partial charge in [0.15, 0.2) is 0 Å². The second-order valence-electron chi connectivity index (χ2n) is 6.62. The first-order valence-corrected chi connectivity index (χ1v) is 8.28. The lowest BCUT2D eigenvalue weighted by molar-refractivity contribution is -0.134. The molecule has 120 valence electrons. The van der Waals surface area contributed by atoms with E-state index in [-0.39, 0.29) is 23.4 Å². The van der Waals surface area contributed by atoms with Gasteiger partial charge in [-0.15, -0.1) is 0 Å². The second kappa shape index (κ2) is 7.25. The fourth-order valence-electron chi connectivity index (χ4n) is 3.71. The minimum Gasteiger partial charge on any atom is -0.353 e. The molecule has 0 spiro atoms. The van der Waals surface area contributed by atoms with E-state index in [1.165, 1.54) is 19.3 Å². The predicted molar refractivity (Wildman–Crippen MR) is 82.9 cm³/mol. The van der Waals surface area contributed by atoms with Gasteiger partial charge >= 0.3 is 0 Å². The number of nitrogens with one attached hydrogen (secondary N) is 2. The van der Waals surface area contributed by atoms with Gasteiger partial charge in [0.25, 0.3) is 0 Å². The van der Waals surface area contributed by atoms with Crippen molar-refractivity contribution in [3.63, 3.8) is 0 Å². The second-order valence-corrected chi connectivity index (χ2v) is 6.62. The van der Waals surface area contributed by atoms with E-state index in [4.69, 9.17) is 0 Å². The average Bonchev–Trinajstić information content (AvgIpc) is 2.48. The Morgan fingerprint density at radius 1 is 1.14 bits per heavy atom. The Morgan fingerprint density at radius 3 is 2.29 bits per heavy atom. The zero-order chi connectivity index (χ0) is 15.3. The van der Waals surface area contributed by atoms with Crippen LogP contribution in [0.3, 0.4) is 0 Å². The molecule has 1 aliphatic heterocycles. The smallest absolute Gasteiger partial charge is 0.224 e. The van der Waals surface area contributed by atoms with Gasteiger partial charge < -0.3 is 15.5 Å². The number of likely N-dealkylation sites (tertiary alicyclic amines) is 1. The molecule has 21 heavy (non-hydrogen) atoms. The van der Waals surface area contributed by atoms with Gasteiger partial charge in [0.2, 0.25) is 11.8 Å². The Morgan fingerprint density at radius 2 is 1.76 bits per heavy atom. The molecule has 1 saturated heterocycles. The molecule has 0 bridgehead atoms. The van der Waals surface area contributed by atoms with Gasteiger partial charge in [0.05, 0.1) is 0 Å². The molecule has 5 nitrogen and oxygen atoms in total. The Kier molecular flexibility index (Phi) is 5.62. The van der Waals surface area contributed by atoms with Gasteiger partial charge in [0, 0.05) is 38.0 Å². The summed E-state index contributed by atoms with van der Waals surface area (Å²) >= 11 is 0. The van der Waals surface area contributed by atoms with Gasteiger partial charge in [0.1, 0.15) is 0 Å². The van der Waals surface area contributed by atoms with Crippen molar-refractivity contribution < 1.29 is 9.59 Å². The number of nitrogens with zero attached hydrogens (tertiary/aromatic N) is 1. The van der Waals surface area contributed by atoms with Crippen molar-refractivity contribution in [2.75, 3.05) is 20.1 Å². The highest BCUT2D eigenvalue weighted by molar-refractivity contribution is 5.77. The third-order valence-electron chi connectivity index (χ3n) is 5.09. The maximum absolute atomic E-state index is 12.6. The summed E-state index contributed by atoms with van der Waals surface area (Å²) in [5.41, 5.74) is 0.0177. The van der Waals surface area contributed by atoms with Gasteiger partial charge in [-0.2, -0.15) is 0 Å². The largest absolute Gasteiger partial charge is 0.353 e. The highest BCUT2D eigenvalue weighted by atomic mass is 16.2. The van der Waals surface area contributed by atoms with Crippen molar-refractivity contribution >= 4 is 11.8 Å². The van der Waals surface area contributed by atoms with E-state index in [2.05, 4.69) is 10.6 Å². The van der Waals surface area contributed by atoms with Crippen LogP contribution in [0.15, 0.2) is 0 Å². The zero-order valence-electron chi connectivity index (χ0n) is 13.4. The maximum atomic E-state index is 12.6. The van der Waals surface area contributed by atoms with Crippen LogP contribution in [0.4, 0.5) is 0 Å². The van der Waals surface area contributed by atoms with E-state index in [0.717, 1.165) is 38.8 Å². The highest BCUT2D eigenvalue weighted by Gasteiger charge is 2.34. The minimum atomic E-state index is 0.0177. The van der Waals surface area contributed by atoms with Gasteiger partial charge in [-0.1, -0.05) is 19.3 Å². The van der Waals surface area contributed by atoms with Crippen LogP contribution in [0.2, 0.25) is 0 Å². The number of carbonyl (C=O) groups is 2. The van der Waals surface area contributed by atoms with E-state index in [1.54, 1.807) is 6.92 Å². The summed E-state index contributed by atoms with van der Waals surface area (Å²) in [7, 11) is 1.99. The average molecular weight is 295 g/mol. The van der Waals surface area contributed by atoms with Crippen LogP contribution < -0.4 is 10.6 Å². The van der Waals surface area contributed by atoms with E-state index >= 15 is 0 Å². The summed E-state index contributed by atoms with van der Waals surface area (Å²) in [5, 5.41) is 6.37. The standard InChI is InChI=1S/C16H29N3O2/c1-13(20)18-14-6-10-19(11-7-14)15(21)12-16(17-2)8-4-3-5-9-16/h14,17H,3-12H2,1-2H3,(H,18,20). The van der Waals surface area contributed by atoms with Gasteiger partial charge in [-0.25, -0.2) is 0 Å². The Balaban J connectivity index is 1.82. The lowest BCUT2D eigenvalue weighted by Crippen LogP contribution is -2.51. The van der Waals surface area contributed by atoms with Crippen molar-refractivity contribution in [3.05, 3.63) is 0 Å². The number of hydrogen-bond acceptors (Lipinski definition) is 3. The van der Waals surface area contributed by atoms with Crippen LogP contribution in [-0.4, -0.2) is 48.4 Å². The van der Waals surface area contributed by atoms with Crippen molar-refractivity contribution in [3.8, 4) is 0 Å². The van der Waals surface area contributed by atoms with E-state index in [1.807, 2.05) is 11.9 Å². The summed E-state index contributed by atoms with van der Waals surface area (Å²) in [6.45, 7) is 3.09. The molecular weight excluding hydrogens is 266 g/mol. The molecule has 0 aromatic carbocycles. The first-order chi connectivity index (χ1) is 10.0. The fraction of sp³-hybridized carbons (Fsp3) is 0.875. The first kappa shape index (κ1) is 16.3. The Hall–Kier alpha value is -1.10. The predicted octanol–water partition coefficient (Wildman–Crippen LogP) is 1.43. The number of hydrogen-bond donors (Lipinski definition) is 2. The molecule has 1 aliphatic carbocycles. The van der Waals surface area contributed by atoms with Crippen molar-refractivity contribution in [2.24, 2.45) is 0 Å². The lowest BCUT2D eigenvalue weighted by atomic mass is 9.79. The summed E-state index contributed by atoms with van der Waals surface area (Å²) in [5.74, 6) is 0.295.